The van der Waals surface area contributed by atoms with Gasteiger partial charge in [0.15, 0.2) is 0 Å². The number of likely N-dealkylation sites (N-methyl/N-ethyl adjacent to an activating group) is 1. The Bertz CT molecular complexity index is 545. The standard InChI is InChI=1S/C17H21NO4/c1-18-13-7-11(8-14(18)16-15(13)22-16)21-17(20)12(9-19)10-5-3-2-4-6-10/h2-6,11-16,19H,7-9H2,1H3/t11?,12?,13-,14+,15+,16-. The van der Waals surface area contributed by atoms with Gasteiger partial charge in [0.25, 0.3) is 0 Å². The first kappa shape index (κ1) is 14.2. The average molecular weight is 303 g/mol. The van der Waals surface area contributed by atoms with E-state index in [9.17, 15) is 9.90 Å². The van der Waals surface area contributed by atoms with Gasteiger partial charge in [-0.15, -0.1) is 0 Å². The maximum Gasteiger partial charge on any atom is 0.316 e. The monoisotopic (exact) mass is 303 g/mol. The summed E-state index contributed by atoms with van der Waals surface area (Å²) in [5.41, 5.74) is 0.803. The topological polar surface area (TPSA) is 62.3 Å². The number of hydrogen-bond donors (Lipinski definition) is 1. The molecule has 6 atom stereocenters. The lowest BCUT2D eigenvalue weighted by atomic mass is 9.97. The highest BCUT2D eigenvalue weighted by Gasteiger charge is 2.62. The van der Waals surface area contributed by atoms with Gasteiger partial charge in [-0.05, 0) is 12.6 Å². The summed E-state index contributed by atoms with van der Waals surface area (Å²) in [6.07, 6.45) is 2.26. The number of aliphatic hydroxyl groups excluding tert-OH is 1. The molecule has 0 amide bonds. The Hall–Kier alpha value is -1.43. The Balaban J connectivity index is 1.42. The highest BCUT2D eigenvalue weighted by molar-refractivity contribution is 5.78. The van der Waals surface area contributed by atoms with Gasteiger partial charge in [0.2, 0.25) is 0 Å². The zero-order chi connectivity index (χ0) is 15.3. The van der Waals surface area contributed by atoms with Crippen LogP contribution in [0.1, 0.15) is 24.3 Å². The van der Waals surface area contributed by atoms with E-state index in [1.165, 1.54) is 0 Å². The van der Waals surface area contributed by atoms with Crippen LogP contribution < -0.4 is 0 Å². The van der Waals surface area contributed by atoms with Gasteiger partial charge in [-0.25, -0.2) is 0 Å². The van der Waals surface area contributed by atoms with Gasteiger partial charge in [-0.2, -0.15) is 0 Å². The molecule has 3 fully saturated rings. The number of ether oxygens (including phenoxy) is 2. The average Bonchev–Trinajstić information content (AvgIpc) is 3.27. The lowest BCUT2D eigenvalue weighted by Gasteiger charge is -2.38. The van der Waals surface area contributed by atoms with E-state index in [4.69, 9.17) is 9.47 Å². The van der Waals surface area contributed by atoms with Crippen molar-refractivity contribution in [2.24, 2.45) is 0 Å². The second-order valence-electron chi connectivity index (χ2n) is 6.54. The highest BCUT2D eigenvalue weighted by Crippen LogP contribution is 2.48. The molecule has 5 nitrogen and oxygen atoms in total. The predicted octanol–water partition coefficient (Wildman–Crippen LogP) is 0.918. The van der Waals surface area contributed by atoms with Crippen molar-refractivity contribution < 1.29 is 19.4 Å². The van der Waals surface area contributed by atoms with Crippen LogP contribution in [0.3, 0.4) is 0 Å². The van der Waals surface area contributed by atoms with Crippen molar-refractivity contribution in [3.8, 4) is 0 Å². The summed E-state index contributed by atoms with van der Waals surface area (Å²) in [5, 5.41) is 9.56. The first-order valence-corrected chi connectivity index (χ1v) is 7.92. The van der Waals surface area contributed by atoms with Crippen LogP contribution in [0.4, 0.5) is 0 Å². The van der Waals surface area contributed by atoms with Crippen LogP contribution in [0.15, 0.2) is 30.3 Å². The minimum atomic E-state index is -0.593. The summed E-state index contributed by atoms with van der Waals surface area (Å²) in [6.45, 7) is -0.226. The molecule has 0 aromatic heterocycles. The van der Waals surface area contributed by atoms with Crippen LogP contribution in [0, 0.1) is 0 Å². The number of piperidine rings is 1. The molecule has 4 rings (SSSR count). The Morgan fingerprint density at radius 1 is 1.32 bits per heavy atom. The highest BCUT2D eigenvalue weighted by atomic mass is 16.6. The molecule has 2 bridgehead atoms. The molecule has 0 radical (unpaired) electrons. The van der Waals surface area contributed by atoms with Gasteiger partial charge in [-0.1, -0.05) is 30.3 Å². The maximum atomic E-state index is 12.4. The molecule has 0 saturated carbocycles. The fraction of sp³-hybridized carbons (Fsp3) is 0.588. The van der Waals surface area contributed by atoms with Gasteiger partial charge in [0, 0.05) is 24.9 Å². The van der Waals surface area contributed by atoms with Crippen molar-refractivity contribution in [1.29, 1.82) is 0 Å². The number of morpholine rings is 1. The summed E-state index contributed by atoms with van der Waals surface area (Å²) < 4.78 is 11.4. The molecule has 5 heteroatoms. The number of nitrogens with zero attached hydrogens (tertiary/aromatic N) is 1. The van der Waals surface area contributed by atoms with Crippen LogP contribution in [0.25, 0.3) is 0 Å². The van der Waals surface area contributed by atoms with E-state index in [1.54, 1.807) is 0 Å². The third kappa shape index (κ3) is 2.24. The van der Waals surface area contributed by atoms with E-state index < -0.39 is 5.92 Å². The summed E-state index contributed by atoms with van der Waals surface area (Å²) in [6, 6.07) is 10.1. The van der Waals surface area contributed by atoms with Gasteiger partial charge < -0.3 is 14.6 Å². The summed E-state index contributed by atoms with van der Waals surface area (Å²) in [4.78, 5) is 14.8. The molecule has 3 aliphatic rings. The Morgan fingerprint density at radius 3 is 2.55 bits per heavy atom. The number of benzene rings is 1. The van der Waals surface area contributed by atoms with E-state index in [0.29, 0.717) is 24.3 Å². The number of aliphatic hydroxyl groups is 1. The Labute approximate surface area is 129 Å². The first-order chi connectivity index (χ1) is 10.7. The maximum absolute atomic E-state index is 12.4. The second-order valence-corrected chi connectivity index (χ2v) is 6.54. The molecule has 3 saturated heterocycles. The molecule has 3 aliphatic heterocycles. The second kappa shape index (κ2) is 5.33. The lowest BCUT2D eigenvalue weighted by Crippen LogP contribution is -2.48. The molecular formula is C17H21NO4. The van der Waals surface area contributed by atoms with Crippen LogP contribution in [0.5, 0.6) is 0 Å². The molecule has 118 valence electrons. The van der Waals surface area contributed by atoms with Crippen molar-refractivity contribution in [3.63, 3.8) is 0 Å². The minimum Gasteiger partial charge on any atom is -0.462 e. The smallest absolute Gasteiger partial charge is 0.316 e. The van der Waals surface area contributed by atoms with Crippen molar-refractivity contribution in [1.82, 2.24) is 4.90 Å². The molecule has 0 aliphatic carbocycles. The van der Waals surface area contributed by atoms with Crippen LogP contribution in [0.2, 0.25) is 0 Å². The summed E-state index contributed by atoms with van der Waals surface area (Å²) in [7, 11) is 2.13. The number of rotatable bonds is 4. The third-order valence-corrected chi connectivity index (χ3v) is 5.33. The van der Waals surface area contributed by atoms with Crippen molar-refractivity contribution >= 4 is 5.97 Å². The number of carbonyl (C=O) groups is 1. The number of epoxide rings is 1. The number of hydrogen-bond acceptors (Lipinski definition) is 5. The lowest BCUT2D eigenvalue weighted by molar-refractivity contribution is -0.156. The Morgan fingerprint density at radius 2 is 1.95 bits per heavy atom. The van der Waals surface area contributed by atoms with Crippen LogP contribution >= 0.6 is 0 Å². The molecule has 1 N–H and O–H groups in total. The van der Waals surface area contributed by atoms with Crippen LogP contribution in [-0.2, 0) is 14.3 Å². The molecule has 3 heterocycles. The fourth-order valence-corrected chi connectivity index (χ4v) is 4.04. The molecule has 0 spiro atoms. The number of esters is 1. The van der Waals surface area contributed by atoms with E-state index in [2.05, 4.69) is 11.9 Å². The van der Waals surface area contributed by atoms with E-state index in [1.807, 2.05) is 30.3 Å². The van der Waals surface area contributed by atoms with E-state index in [-0.39, 0.29) is 18.7 Å². The number of carbonyl (C=O) groups excluding carboxylic acids is 1. The van der Waals surface area contributed by atoms with Crippen molar-refractivity contribution in [2.75, 3.05) is 13.7 Å². The Kier molecular flexibility index (Phi) is 3.44. The third-order valence-electron chi connectivity index (χ3n) is 5.33. The van der Waals surface area contributed by atoms with Gasteiger partial charge in [-0.3, -0.25) is 9.69 Å². The zero-order valence-electron chi connectivity index (χ0n) is 12.6. The van der Waals surface area contributed by atoms with Crippen molar-refractivity contribution in [2.45, 2.75) is 49.2 Å². The largest absolute Gasteiger partial charge is 0.462 e. The van der Waals surface area contributed by atoms with Gasteiger partial charge >= 0.3 is 5.97 Å². The molecule has 22 heavy (non-hydrogen) atoms. The van der Waals surface area contributed by atoms with Crippen molar-refractivity contribution in [3.05, 3.63) is 35.9 Å². The zero-order valence-corrected chi connectivity index (χ0v) is 12.6. The predicted molar refractivity (Wildman–Crippen MR) is 79.4 cm³/mol. The van der Waals surface area contributed by atoms with E-state index >= 15 is 0 Å². The summed E-state index contributed by atoms with van der Waals surface area (Å²) >= 11 is 0. The van der Waals surface area contributed by atoms with Crippen LogP contribution in [-0.4, -0.2) is 60.0 Å². The SMILES string of the molecule is CN1[C@@H]2CC(OC(=O)C(CO)c3ccccc3)C[C@H]1[C@H]1O[C@H]12. The normalized spacial score (nSPS) is 37.5. The summed E-state index contributed by atoms with van der Waals surface area (Å²) in [5.74, 6) is -0.915. The first-order valence-electron chi connectivity index (χ1n) is 7.92. The molecule has 1 aromatic carbocycles. The van der Waals surface area contributed by atoms with Gasteiger partial charge in [0.05, 0.1) is 6.61 Å². The van der Waals surface area contributed by atoms with Gasteiger partial charge in [0.1, 0.15) is 24.2 Å². The fourth-order valence-electron chi connectivity index (χ4n) is 4.04. The minimum absolute atomic E-state index is 0.0622. The van der Waals surface area contributed by atoms with E-state index in [0.717, 1.165) is 18.4 Å². The molecule has 2 unspecified atom stereocenters. The quantitative estimate of drug-likeness (QED) is 0.662. The molecular weight excluding hydrogens is 282 g/mol. The number of fused-ring (bicyclic) bond motifs is 5. The molecule has 1 aromatic rings.